The van der Waals surface area contributed by atoms with E-state index >= 15 is 0 Å². The summed E-state index contributed by atoms with van der Waals surface area (Å²) in [5.74, 6) is 1.31. The van der Waals surface area contributed by atoms with Gasteiger partial charge in [0.05, 0.1) is 29.0 Å². The lowest BCUT2D eigenvalue weighted by molar-refractivity contribution is 0.0673. The van der Waals surface area contributed by atoms with Crippen molar-refractivity contribution in [2.45, 2.75) is 26.4 Å². The number of hydrogen-bond acceptors (Lipinski definition) is 5. The SMILES string of the molecule is CCCOc1c(Cl)cc(-n2ccc3cc(OC(C)C4CN(S(C)(=O)=O)C4)ccc32)cc1C#N. The van der Waals surface area contributed by atoms with Crippen LogP contribution in [0.5, 0.6) is 11.5 Å². The van der Waals surface area contributed by atoms with E-state index in [0.29, 0.717) is 36.0 Å². The zero-order chi connectivity index (χ0) is 23.8. The molecule has 7 nitrogen and oxygen atoms in total. The van der Waals surface area contributed by atoms with E-state index in [0.717, 1.165) is 28.8 Å². The lowest BCUT2D eigenvalue weighted by atomic mass is 9.97. The van der Waals surface area contributed by atoms with E-state index in [1.54, 1.807) is 12.1 Å². The lowest BCUT2D eigenvalue weighted by Crippen LogP contribution is -2.54. The van der Waals surface area contributed by atoms with E-state index in [9.17, 15) is 13.7 Å². The fourth-order valence-corrected chi connectivity index (χ4v) is 5.11. The molecule has 0 aliphatic carbocycles. The van der Waals surface area contributed by atoms with Crippen molar-refractivity contribution in [2.24, 2.45) is 5.92 Å². The minimum atomic E-state index is -3.14. The first-order chi connectivity index (χ1) is 15.7. The summed E-state index contributed by atoms with van der Waals surface area (Å²) in [5, 5.41) is 11.0. The summed E-state index contributed by atoms with van der Waals surface area (Å²) in [6.45, 7) is 5.43. The summed E-state index contributed by atoms with van der Waals surface area (Å²) >= 11 is 6.44. The van der Waals surface area contributed by atoms with Crippen LogP contribution in [0.15, 0.2) is 42.6 Å². The number of sulfonamides is 1. The molecule has 174 valence electrons. The van der Waals surface area contributed by atoms with Crippen LogP contribution >= 0.6 is 11.6 Å². The predicted octanol–water partition coefficient (Wildman–Crippen LogP) is 4.60. The molecular formula is C24H26ClN3O4S. The molecule has 1 fully saturated rings. The highest BCUT2D eigenvalue weighted by molar-refractivity contribution is 7.88. The largest absolute Gasteiger partial charge is 0.491 e. The molecule has 33 heavy (non-hydrogen) atoms. The second kappa shape index (κ2) is 9.26. The van der Waals surface area contributed by atoms with Crippen molar-refractivity contribution in [3.05, 3.63) is 53.2 Å². The van der Waals surface area contributed by atoms with Crippen molar-refractivity contribution >= 4 is 32.5 Å². The normalized spacial score (nSPS) is 15.7. The Morgan fingerprint density at radius 2 is 2.00 bits per heavy atom. The summed E-state index contributed by atoms with van der Waals surface area (Å²) in [6, 6.07) is 13.5. The van der Waals surface area contributed by atoms with Crippen LogP contribution in [0, 0.1) is 17.2 Å². The van der Waals surface area contributed by atoms with Gasteiger partial charge in [0.1, 0.15) is 17.9 Å². The van der Waals surface area contributed by atoms with E-state index in [4.69, 9.17) is 21.1 Å². The summed E-state index contributed by atoms with van der Waals surface area (Å²) in [6.07, 6.45) is 3.87. The number of rotatable bonds is 8. The molecular weight excluding hydrogens is 462 g/mol. The highest BCUT2D eigenvalue weighted by Crippen LogP contribution is 2.34. The van der Waals surface area contributed by atoms with Crippen LogP contribution in [0.3, 0.4) is 0 Å². The van der Waals surface area contributed by atoms with Crippen LogP contribution in [-0.4, -0.2) is 49.3 Å². The third-order valence-corrected chi connectivity index (χ3v) is 7.39. The van der Waals surface area contributed by atoms with Crippen LogP contribution in [0.25, 0.3) is 16.6 Å². The van der Waals surface area contributed by atoms with Crippen LogP contribution in [0.2, 0.25) is 5.02 Å². The molecule has 4 rings (SSSR count). The topological polar surface area (TPSA) is 84.6 Å². The second-order valence-electron chi connectivity index (χ2n) is 8.33. The second-order valence-corrected chi connectivity index (χ2v) is 10.7. The predicted molar refractivity (Wildman–Crippen MR) is 129 cm³/mol. The van der Waals surface area contributed by atoms with Gasteiger partial charge in [0, 0.05) is 36.3 Å². The number of nitriles is 1. The quantitative estimate of drug-likeness (QED) is 0.463. The zero-order valence-electron chi connectivity index (χ0n) is 18.8. The molecule has 0 amide bonds. The lowest BCUT2D eigenvalue weighted by Gasteiger charge is -2.40. The molecule has 1 aromatic heterocycles. The smallest absolute Gasteiger partial charge is 0.211 e. The van der Waals surface area contributed by atoms with Crippen LogP contribution in [0.1, 0.15) is 25.8 Å². The van der Waals surface area contributed by atoms with Crippen molar-refractivity contribution < 1.29 is 17.9 Å². The monoisotopic (exact) mass is 487 g/mol. The Morgan fingerprint density at radius 1 is 1.24 bits per heavy atom. The van der Waals surface area contributed by atoms with E-state index < -0.39 is 10.0 Å². The van der Waals surface area contributed by atoms with Crippen LogP contribution < -0.4 is 9.47 Å². The Kier molecular flexibility index (Phi) is 6.57. The highest BCUT2D eigenvalue weighted by atomic mass is 35.5. The number of benzene rings is 2. The number of nitrogens with zero attached hydrogens (tertiary/aromatic N) is 3. The van der Waals surface area contributed by atoms with E-state index in [1.807, 2.05) is 48.9 Å². The molecule has 0 saturated carbocycles. The Labute approximate surface area is 199 Å². The molecule has 0 N–H and O–H groups in total. The zero-order valence-corrected chi connectivity index (χ0v) is 20.4. The van der Waals surface area contributed by atoms with Gasteiger partial charge in [0.25, 0.3) is 0 Å². The van der Waals surface area contributed by atoms with Gasteiger partial charge in [-0.2, -0.15) is 5.26 Å². The Balaban J connectivity index is 1.54. The summed E-state index contributed by atoms with van der Waals surface area (Å²) in [7, 11) is -3.14. The van der Waals surface area contributed by atoms with Gasteiger partial charge < -0.3 is 14.0 Å². The van der Waals surface area contributed by atoms with Gasteiger partial charge in [-0.05, 0) is 49.7 Å². The fraction of sp³-hybridized carbons (Fsp3) is 0.375. The van der Waals surface area contributed by atoms with Gasteiger partial charge in [-0.15, -0.1) is 0 Å². The molecule has 2 aromatic carbocycles. The van der Waals surface area contributed by atoms with E-state index in [-0.39, 0.29) is 12.0 Å². The minimum Gasteiger partial charge on any atom is -0.491 e. The van der Waals surface area contributed by atoms with Crippen LogP contribution in [0.4, 0.5) is 0 Å². The maximum atomic E-state index is 11.6. The van der Waals surface area contributed by atoms with Gasteiger partial charge in [-0.3, -0.25) is 0 Å². The van der Waals surface area contributed by atoms with Crippen molar-refractivity contribution in [1.82, 2.24) is 8.87 Å². The highest BCUT2D eigenvalue weighted by Gasteiger charge is 2.37. The summed E-state index contributed by atoms with van der Waals surface area (Å²) in [4.78, 5) is 0. The molecule has 0 spiro atoms. The van der Waals surface area contributed by atoms with Crippen molar-refractivity contribution in [1.29, 1.82) is 5.26 Å². The first-order valence-corrected chi connectivity index (χ1v) is 13.0. The number of halogens is 1. The third kappa shape index (κ3) is 4.81. The summed E-state index contributed by atoms with van der Waals surface area (Å²) < 4.78 is 38.4. The molecule has 1 atom stereocenters. The van der Waals surface area contributed by atoms with Crippen molar-refractivity contribution in [3.63, 3.8) is 0 Å². The molecule has 9 heteroatoms. The number of fused-ring (bicyclic) bond motifs is 1. The molecule has 1 aliphatic heterocycles. The Hall–Kier alpha value is -2.73. The number of ether oxygens (including phenoxy) is 2. The van der Waals surface area contributed by atoms with Crippen molar-refractivity contribution in [2.75, 3.05) is 26.0 Å². The van der Waals surface area contributed by atoms with Gasteiger partial charge in [0.2, 0.25) is 10.0 Å². The van der Waals surface area contributed by atoms with Gasteiger partial charge >= 0.3 is 0 Å². The average molecular weight is 488 g/mol. The van der Waals surface area contributed by atoms with E-state index in [2.05, 4.69) is 6.07 Å². The summed E-state index contributed by atoms with van der Waals surface area (Å²) in [5.41, 5.74) is 2.11. The van der Waals surface area contributed by atoms with Crippen molar-refractivity contribution in [3.8, 4) is 23.3 Å². The maximum absolute atomic E-state index is 11.6. The number of hydrogen-bond donors (Lipinski definition) is 0. The van der Waals surface area contributed by atoms with Gasteiger partial charge in [-0.25, -0.2) is 12.7 Å². The molecule has 1 saturated heterocycles. The first kappa shape index (κ1) is 23.4. The maximum Gasteiger partial charge on any atom is 0.211 e. The van der Waals surface area contributed by atoms with Gasteiger partial charge in [-0.1, -0.05) is 18.5 Å². The molecule has 1 aliphatic rings. The number of aromatic nitrogens is 1. The molecule has 3 aromatic rings. The van der Waals surface area contributed by atoms with Crippen LogP contribution in [-0.2, 0) is 10.0 Å². The van der Waals surface area contributed by atoms with E-state index in [1.165, 1.54) is 10.6 Å². The first-order valence-electron chi connectivity index (χ1n) is 10.8. The fourth-order valence-electron chi connectivity index (χ4n) is 3.92. The Morgan fingerprint density at radius 3 is 2.67 bits per heavy atom. The minimum absolute atomic E-state index is 0.102. The molecule has 0 radical (unpaired) electrons. The standard InChI is InChI=1S/C24H26ClN3O4S/c1-4-9-31-24-18(13-26)10-20(12-22(24)25)28-8-7-17-11-21(5-6-23(17)28)32-16(2)19-14-27(15-19)33(3,29)30/h5-8,10-12,16,19H,4,9,14-15H2,1-3H3. The average Bonchev–Trinajstić information content (AvgIpc) is 3.13. The van der Waals surface area contributed by atoms with Gasteiger partial charge in [0.15, 0.2) is 5.75 Å². The molecule has 2 heterocycles. The molecule has 1 unspecified atom stereocenters. The Bertz CT molecular complexity index is 1320. The molecule has 0 bridgehead atoms. The third-order valence-electron chi connectivity index (χ3n) is 5.87.